The number of nitrogens with zero attached hydrogens (tertiary/aromatic N) is 1. The molecule has 1 aromatic rings. The molecule has 4 nitrogen and oxygen atoms in total. The predicted molar refractivity (Wildman–Crippen MR) is 71.9 cm³/mol. The van der Waals surface area contributed by atoms with Crippen molar-refractivity contribution >= 4 is 11.4 Å². The molecule has 18 heavy (non-hydrogen) atoms. The largest absolute Gasteiger partial charge is 0.399 e. The van der Waals surface area contributed by atoms with E-state index >= 15 is 0 Å². The molecule has 3 aliphatic rings. The van der Waals surface area contributed by atoms with E-state index in [2.05, 4.69) is 22.3 Å². The topological polar surface area (TPSA) is 50.5 Å². The van der Waals surface area contributed by atoms with Gasteiger partial charge in [-0.3, -0.25) is 0 Å². The number of hydrogen-bond donors (Lipinski definition) is 2. The molecule has 1 aromatic carbocycles. The number of hydrogen-bond acceptors (Lipinski definition) is 4. The van der Waals surface area contributed by atoms with Crippen LogP contribution >= 0.6 is 0 Å². The second-order valence-corrected chi connectivity index (χ2v) is 5.53. The maximum atomic E-state index is 6.06. The molecule has 0 unspecified atom stereocenters. The first-order chi connectivity index (χ1) is 8.84. The minimum absolute atomic E-state index is 0.606. The van der Waals surface area contributed by atoms with Crippen LogP contribution < -0.4 is 16.0 Å². The second-order valence-electron chi connectivity index (χ2n) is 5.53. The van der Waals surface area contributed by atoms with Crippen LogP contribution in [0, 0.1) is 0 Å². The van der Waals surface area contributed by atoms with Crippen molar-refractivity contribution in [2.75, 3.05) is 36.9 Å². The van der Waals surface area contributed by atoms with Gasteiger partial charge in [-0.1, -0.05) is 0 Å². The van der Waals surface area contributed by atoms with Crippen LogP contribution in [0.5, 0.6) is 0 Å². The van der Waals surface area contributed by atoms with Crippen LogP contribution in [0.3, 0.4) is 0 Å². The monoisotopic (exact) mass is 245 g/mol. The van der Waals surface area contributed by atoms with Gasteiger partial charge in [0.1, 0.15) is 0 Å². The van der Waals surface area contributed by atoms with E-state index in [0.717, 1.165) is 31.9 Å². The summed E-state index contributed by atoms with van der Waals surface area (Å²) in [4.78, 5) is 2.57. The lowest BCUT2D eigenvalue weighted by atomic mass is 9.89. The van der Waals surface area contributed by atoms with Gasteiger partial charge in [-0.15, -0.1) is 0 Å². The van der Waals surface area contributed by atoms with Crippen molar-refractivity contribution in [3.05, 3.63) is 23.3 Å². The van der Waals surface area contributed by atoms with E-state index in [4.69, 9.17) is 10.5 Å². The summed E-state index contributed by atoms with van der Waals surface area (Å²) < 4.78 is 5.70. The standard InChI is InChI=1S/C14H19N3O/c15-10-5-9-8-18-4-3-17-13-1-2-16-7-12(13)11(6-10)14(9)17/h5-6,12-13,16H,1-4,7-8,15H2/t12-,13-/m0/s1. The smallest absolute Gasteiger partial charge is 0.0738 e. The Labute approximate surface area is 107 Å². The molecule has 0 aromatic heterocycles. The zero-order chi connectivity index (χ0) is 12.1. The maximum absolute atomic E-state index is 6.06. The first-order valence-corrected chi connectivity index (χ1v) is 6.82. The number of rotatable bonds is 0. The Balaban J connectivity index is 1.90. The van der Waals surface area contributed by atoms with Gasteiger partial charge < -0.3 is 20.7 Å². The highest BCUT2D eigenvalue weighted by Crippen LogP contribution is 2.46. The number of piperidine rings is 1. The third kappa shape index (κ3) is 1.39. The molecule has 96 valence electrons. The summed E-state index contributed by atoms with van der Waals surface area (Å²) in [6.07, 6.45) is 1.22. The van der Waals surface area contributed by atoms with Crippen molar-refractivity contribution < 1.29 is 4.74 Å². The molecule has 0 bridgehead atoms. The molecule has 3 aliphatic heterocycles. The molecule has 0 spiro atoms. The molecule has 1 fully saturated rings. The van der Waals surface area contributed by atoms with Crippen LogP contribution in [0.1, 0.15) is 23.5 Å². The molecule has 3 N–H and O–H groups in total. The van der Waals surface area contributed by atoms with E-state index in [9.17, 15) is 0 Å². The van der Waals surface area contributed by atoms with Crippen LogP contribution in [0.25, 0.3) is 0 Å². The molecular weight excluding hydrogens is 226 g/mol. The highest BCUT2D eigenvalue weighted by atomic mass is 16.5. The van der Waals surface area contributed by atoms with Gasteiger partial charge >= 0.3 is 0 Å². The maximum Gasteiger partial charge on any atom is 0.0738 e. The van der Waals surface area contributed by atoms with Gasteiger partial charge in [0, 0.05) is 42.0 Å². The predicted octanol–water partition coefficient (Wildman–Crippen LogP) is 1.06. The third-order valence-corrected chi connectivity index (χ3v) is 4.51. The number of nitrogens with one attached hydrogen (secondary N) is 1. The number of nitrogens with two attached hydrogens (primary N) is 1. The summed E-state index contributed by atoms with van der Waals surface area (Å²) >= 11 is 0. The van der Waals surface area contributed by atoms with Crippen molar-refractivity contribution in [2.45, 2.75) is 25.0 Å². The summed E-state index contributed by atoms with van der Waals surface area (Å²) in [5.74, 6) is 0.606. The lowest BCUT2D eigenvalue weighted by Gasteiger charge is -2.33. The second kappa shape index (κ2) is 3.87. The minimum Gasteiger partial charge on any atom is -0.399 e. The van der Waals surface area contributed by atoms with E-state index in [1.54, 1.807) is 0 Å². The minimum atomic E-state index is 0.606. The SMILES string of the molecule is Nc1cc2c3c(c1)[C@@H]1CNCC[C@@H]1N3CCOC2. The van der Waals surface area contributed by atoms with E-state index in [-0.39, 0.29) is 0 Å². The van der Waals surface area contributed by atoms with Crippen LogP contribution in [-0.4, -0.2) is 32.3 Å². The molecule has 2 atom stereocenters. The molecule has 4 heteroatoms. The number of nitrogen functional groups attached to an aromatic ring is 1. The zero-order valence-corrected chi connectivity index (χ0v) is 10.5. The Morgan fingerprint density at radius 3 is 3.28 bits per heavy atom. The Morgan fingerprint density at radius 1 is 1.39 bits per heavy atom. The number of benzene rings is 1. The molecule has 0 saturated carbocycles. The van der Waals surface area contributed by atoms with E-state index < -0.39 is 0 Å². The average molecular weight is 245 g/mol. The van der Waals surface area contributed by atoms with Gasteiger partial charge in [0.2, 0.25) is 0 Å². The van der Waals surface area contributed by atoms with Crippen molar-refractivity contribution in [1.29, 1.82) is 0 Å². The van der Waals surface area contributed by atoms with Crippen molar-refractivity contribution in [3.63, 3.8) is 0 Å². The number of fused-ring (bicyclic) bond motifs is 3. The van der Waals surface area contributed by atoms with Gasteiger partial charge in [0.15, 0.2) is 0 Å². The Morgan fingerprint density at radius 2 is 2.33 bits per heavy atom. The fraction of sp³-hybridized carbons (Fsp3) is 0.571. The van der Waals surface area contributed by atoms with Gasteiger partial charge in [0.05, 0.1) is 13.2 Å². The van der Waals surface area contributed by atoms with Crippen molar-refractivity contribution in [3.8, 4) is 0 Å². The highest BCUT2D eigenvalue weighted by Gasteiger charge is 2.41. The third-order valence-electron chi connectivity index (χ3n) is 4.51. The van der Waals surface area contributed by atoms with Crippen molar-refractivity contribution in [1.82, 2.24) is 5.32 Å². The summed E-state index contributed by atoms with van der Waals surface area (Å²) in [5.41, 5.74) is 11.1. The van der Waals surface area contributed by atoms with Gasteiger partial charge in [-0.05, 0) is 30.7 Å². The summed E-state index contributed by atoms with van der Waals surface area (Å²) in [7, 11) is 0. The first-order valence-electron chi connectivity index (χ1n) is 6.82. The zero-order valence-electron chi connectivity index (χ0n) is 10.5. The van der Waals surface area contributed by atoms with E-state index in [0.29, 0.717) is 18.6 Å². The molecular formula is C14H19N3O. The van der Waals surface area contributed by atoms with Gasteiger partial charge in [-0.2, -0.15) is 0 Å². The van der Waals surface area contributed by atoms with Crippen LogP contribution in [-0.2, 0) is 11.3 Å². The normalized spacial score (nSPS) is 29.7. The van der Waals surface area contributed by atoms with E-state index in [1.165, 1.54) is 23.2 Å². The Kier molecular flexibility index (Phi) is 2.29. The summed E-state index contributed by atoms with van der Waals surface area (Å²) in [6, 6.07) is 4.90. The lowest BCUT2D eigenvalue weighted by molar-refractivity contribution is 0.130. The van der Waals surface area contributed by atoms with Crippen LogP contribution in [0.4, 0.5) is 11.4 Å². The first kappa shape index (κ1) is 10.6. The van der Waals surface area contributed by atoms with Crippen LogP contribution in [0.15, 0.2) is 12.1 Å². The molecule has 0 aliphatic carbocycles. The fourth-order valence-corrected chi connectivity index (χ4v) is 3.81. The average Bonchev–Trinajstić information content (AvgIpc) is 2.55. The summed E-state index contributed by atoms with van der Waals surface area (Å²) in [5, 5.41) is 3.52. The van der Waals surface area contributed by atoms with Crippen LogP contribution in [0.2, 0.25) is 0 Å². The number of anilines is 2. The lowest BCUT2D eigenvalue weighted by Crippen LogP contribution is -2.44. The Bertz CT molecular complexity index is 488. The van der Waals surface area contributed by atoms with Crippen molar-refractivity contribution in [2.24, 2.45) is 0 Å². The van der Waals surface area contributed by atoms with Gasteiger partial charge in [-0.25, -0.2) is 0 Å². The number of ether oxygens (including phenoxy) is 1. The molecule has 4 rings (SSSR count). The molecule has 1 saturated heterocycles. The molecule has 0 amide bonds. The fourth-order valence-electron chi connectivity index (χ4n) is 3.81. The van der Waals surface area contributed by atoms with Gasteiger partial charge in [0.25, 0.3) is 0 Å². The molecule has 0 radical (unpaired) electrons. The Hall–Kier alpha value is -1.26. The van der Waals surface area contributed by atoms with E-state index in [1.807, 2.05) is 0 Å². The molecule has 3 heterocycles. The summed E-state index contributed by atoms with van der Waals surface area (Å²) in [6.45, 7) is 4.75. The highest BCUT2D eigenvalue weighted by molar-refractivity contribution is 5.71. The quantitative estimate of drug-likeness (QED) is 0.671.